The van der Waals surface area contributed by atoms with Crippen LogP contribution in [0.1, 0.15) is 32.0 Å². The molecule has 0 fully saturated rings. The number of carbonyl (C=O) groups is 2. The van der Waals surface area contributed by atoms with Gasteiger partial charge in [0.2, 0.25) is 0 Å². The van der Waals surface area contributed by atoms with Crippen LogP contribution in [0.2, 0.25) is 0 Å². The summed E-state index contributed by atoms with van der Waals surface area (Å²) in [7, 11) is 1.70. The molecular weight excluding hydrogens is 268 g/mol. The molecule has 1 aromatic heterocycles. The summed E-state index contributed by atoms with van der Waals surface area (Å²) in [5.41, 5.74) is 2.36. The number of pyridine rings is 1. The zero-order chi connectivity index (χ0) is 15.4. The van der Waals surface area contributed by atoms with Crippen LogP contribution in [-0.2, 0) is 6.54 Å². The fourth-order valence-electron chi connectivity index (χ4n) is 1.99. The number of aryl methyl sites for hydroxylation is 1. The van der Waals surface area contributed by atoms with E-state index >= 15 is 0 Å². The molecule has 0 bridgehead atoms. The Kier molecular flexibility index (Phi) is 4.33. The first-order valence-electron chi connectivity index (χ1n) is 6.48. The molecule has 0 saturated heterocycles. The normalized spacial score (nSPS) is 10.2. The van der Waals surface area contributed by atoms with Gasteiger partial charge in [0, 0.05) is 19.8 Å². The number of nitrogens with zero attached hydrogens (tertiary/aromatic N) is 2. The van der Waals surface area contributed by atoms with Gasteiger partial charge in [0.15, 0.2) is 0 Å². The molecule has 0 atom stereocenters. The summed E-state index contributed by atoms with van der Waals surface area (Å²) < 4.78 is 0. The largest absolute Gasteiger partial charge is 0.478 e. The molecule has 0 aliphatic carbocycles. The molecule has 0 saturated carbocycles. The molecular formula is C16H16N2O3. The quantitative estimate of drug-likeness (QED) is 0.935. The molecule has 0 aliphatic rings. The average Bonchev–Trinajstić information content (AvgIpc) is 2.47. The molecule has 5 nitrogen and oxygen atoms in total. The SMILES string of the molecule is Cc1cccnc1C(=O)N(C)Cc1ccc(C(=O)O)cc1. The highest BCUT2D eigenvalue weighted by Crippen LogP contribution is 2.11. The van der Waals surface area contributed by atoms with E-state index in [2.05, 4.69) is 4.98 Å². The van der Waals surface area contributed by atoms with E-state index in [4.69, 9.17) is 5.11 Å². The second-order valence-corrected chi connectivity index (χ2v) is 4.83. The molecule has 2 aromatic rings. The Bertz CT molecular complexity index is 665. The monoisotopic (exact) mass is 284 g/mol. The van der Waals surface area contributed by atoms with Crippen molar-refractivity contribution in [3.8, 4) is 0 Å². The van der Waals surface area contributed by atoms with Crippen molar-refractivity contribution in [2.75, 3.05) is 7.05 Å². The lowest BCUT2D eigenvalue weighted by Crippen LogP contribution is -2.27. The summed E-state index contributed by atoms with van der Waals surface area (Å²) in [5, 5.41) is 8.85. The third-order valence-electron chi connectivity index (χ3n) is 3.18. The predicted octanol–water partition coefficient (Wildman–Crippen LogP) is 2.36. The van der Waals surface area contributed by atoms with Gasteiger partial charge in [-0.05, 0) is 36.2 Å². The van der Waals surface area contributed by atoms with Gasteiger partial charge in [0.05, 0.1) is 5.56 Å². The van der Waals surface area contributed by atoms with Crippen molar-refractivity contribution < 1.29 is 14.7 Å². The second kappa shape index (κ2) is 6.17. The van der Waals surface area contributed by atoms with Crippen molar-refractivity contribution in [1.82, 2.24) is 9.88 Å². The lowest BCUT2D eigenvalue weighted by molar-refractivity contribution is 0.0695. The number of hydrogen-bond acceptors (Lipinski definition) is 3. The Labute approximate surface area is 122 Å². The van der Waals surface area contributed by atoms with Crippen molar-refractivity contribution in [2.45, 2.75) is 13.5 Å². The van der Waals surface area contributed by atoms with Gasteiger partial charge in [-0.1, -0.05) is 18.2 Å². The highest BCUT2D eigenvalue weighted by Gasteiger charge is 2.15. The van der Waals surface area contributed by atoms with E-state index in [1.165, 1.54) is 12.1 Å². The highest BCUT2D eigenvalue weighted by atomic mass is 16.4. The number of carboxylic acids is 1. The molecule has 0 radical (unpaired) electrons. The Morgan fingerprint density at radius 3 is 2.43 bits per heavy atom. The van der Waals surface area contributed by atoms with Crippen molar-refractivity contribution in [3.63, 3.8) is 0 Å². The van der Waals surface area contributed by atoms with E-state index in [-0.39, 0.29) is 11.5 Å². The first-order valence-corrected chi connectivity index (χ1v) is 6.48. The van der Waals surface area contributed by atoms with Gasteiger partial charge >= 0.3 is 5.97 Å². The maximum absolute atomic E-state index is 12.3. The molecule has 1 aromatic carbocycles. The molecule has 5 heteroatoms. The zero-order valence-electron chi connectivity index (χ0n) is 11.9. The van der Waals surface area contributed by atoms with E-state index < -0.39 is 5.97 Å². The number of aromatic carboxylic acids is 1. The Morgan fingerprint density at radius 2 is 1.86 bits per heavy atom. The van der Waals surface area contributed by atoms with E-state index in [0.717, 1.165) is 11.1 Å². The van der Waals surface area contributed by atoms with Gasteiger partial charge in [-0.2, -0.15) is 0 Å². The number of hydrogen-bond donors (Lipinski definition) is 1. The minimum Gasteiger partial charge on any atom is -0.478 e. The standard InChI is InChI=1S/C16H16N2O3/c1-11-4-3-9-17-14(11)15(19)18(2)10-12-5-7-13(8-6-12)16(20)21/h3-9H,10H2,1-2H3,(H,20,21). The summed E-state index contributed by atoms with van der Waals surface area (Å²) in [5.74, 6) is -1.12. The molecule has 2 rings (SSSR count). The third-order valence-corrected chi connectivity index (χ3v) is 3.18. The Hall–Kier alpha value is -2.69. The highest BCUT2D eigenvalue weighted by molar-refractivity contribution is 5.93. The lowest BCUT2D eigenvalue weighted by Gasteiger charge is -2.17. The minimum atomic E-state index is -0.963. The first kappa shape index (κ1) is 14.7. The molecule has 0 aliphatic heterocycles. The van der Waals surface area contributed by atoms with Crippen LogP contribution in [0.25, 0.3) is 0 Å². The van der Waals surface area contributed by atoms with E-state index in [9.17, 15) is 9.59 Å². The van der Waals surface area contributed by atoms with E-state index in [1.54, 1.807) is 36.3 Å². The fraction of sp³-hybridized carbons (Fsp3) is 0.188. The van der Waals surface area contributed by atoms with E-state index in [1.807, 2.05) is 13.0 Å². The Morgan fingerprint density at radius 1 is 1.19 bits per heavy atom. The minimum absolute atomic E-state index is 0.157. The average molecular weight is 284 g/mol. The van der Waals surface area contributed by atoms with Gasteiger partial charge < -0.3 is 10.0 Å². The number of carbonyl (C=O) groups excluding carboxylic acids is 1. The topological polar surface area (TPSA) is 70.5 Å². The predicted molar refractivity (Wildman–Crippen MR) is 78.2 cm³/mol. The summed E-state index contributed by atoms with van der Waals surface area (Å²) >= 11 is 0. The number of benzene rings is 1. The summed E-state index contributed by atoms with van der Waals surface area (Å²) in [6.45, 7) is 2.24. The summed E-state index contributed by atoms with van der Waals surface area (Å²) in [6, 6.07) is 10.1. The van der Waals surface area contributed by atoms with Crippen molar-refractivity contribution in [2.24, 2.45) is 0 Å². The molecule has 0 unspecified atom stereocenters. The summed E-state index contributed by atoms with van der Waals surface area (Å²) in [6.07, 6.45) is 1.59. The molecule has 1 amide bonds. The zero-order valence-corrected chi connectivity index (χ0v) is 11.9. The van der Waals surface area contributed by atoms with Crippen LogP contribution in [0, 0.1) is 6.92 Å². The van der Waals surface area contributed by atoms with Gasteiger partial charge in [-0.25, -0.2) is 4.79 Å². The fourth-order valence-corrected chi connectivity index (χ4v) is 1.99. The van der Waals surface area contributed by atoms with Crippen LogP contribution in [0.3, 0.4) is 0 Å². The first-order chi connectivity index (χ1) is 9.99. The molecule has 1 N–H and O–H groups in total. The van der Waals surface area contributed by atoms with Crippen LogP contribution in [0.15, 0.2) is 42.6 Å². The van der Waals surface area contributed by atoms with Crippen LogP contribution >= 0.6 is 0 Å². The van der Waals surface area contributed by atoms with Gasteiger partial charge in [0.25, 0.3) is 5.91 Å². The number of carboxylic acid groups (broad SMARTS) is 1. The van der Waals surface area contributed by atoms with Crippen molar-refractivity contribution >= 4 is 11.9 Å². The van der Waals surface area contributed by atoms with E-state index in [0.29, 0.717) is 12.2 Å². The maximum Gasteiger partial charge on any atom is 0.335 e. The molecule has 1 heterocycles. The smallest absolute Gasteiger partial charge is 0.335 e. The van der Waals surface area contributed by atoms with Crippen molar-refractivity contribution in [1.29, 1.82) is 0 Å². The van der Waals surface area contributed by atoms with Crippen molar-refractivity contribution in [3.05, 3.63) is 65.0 Å². The van der Waals surface area contributed by atoms with Crippen LogP contribution in [0.5, 0.6) is 0 Å². The van der Waals surface area contributed by atoms with Gasteiger partial charge in [-0.3, -0.25) is 9.78 Å². The van der Waals surface area contributed by atoms with Crippen LogP contribution in [-0.4, -0.2) is 33.9 Å². The lowest BCUT2D eigenvalue weighted by atomic mass is 10.1. The summed E-state index contributed by atoms with van der Waals surface area (Å²) in [4.78, 5) is 28.8. The molecule has 21 heavy (non-hydrogen) atoms. The van der Waals surface area contributed by atoms with Gasteiger partial charge in [0.1, 0.15) is 5.69 Å². The third kappa shape index (κ3) is 3.45. The number of aromatic nitrogens is 1. The second-order valence-electron chi connectivity index (χ2n) is 4.83. The van der Waals surface area contributed by atoms with Gasteiger partial charge in [-0.15, -0.1) is 0 Å². The number of rotatable bonds is 4. The Balaban J connectivity index is 2.10. The maximum atomic E-state index is 12.3. The van der Waals surface area contributed by atoms with Crippen LogP contribution in [0.4, 0.5) is 0 Å². The molecule has 0 spiro atoms. The molecule has 108 valence electrons. The number of amides is 1. The van der Waals surface area contributed by atoms with Crippen LogP contribution < -0.4 is 0 Å².